The Balaban J connectivity index is 1.70. The van der Waals surface area contributed by atoms with Gasteiger partial charge in [0.2, 0.25) is 0 Å². The van der Waals surface area contributed by atoms with Crippen molar-refractivity contribution in [2.45, 2.75) is 79.1 Å². The van der Waals surface area contributed by atoms with Crippen molar-refractivity contribution in [2.24, 2.45) is 40.4 Å². The maximum atomic E-state index is 13.4. The van der Waals surface area contributed by atoms with Crippen LogP contribution in [0.5, 0.6) is 0 Å². The highest BCUT2D eigenvalue weighted by atomic mass is 16.1. The maximum absolute atomic E-state index is 13.4. The van der Waals surface area contributed by atoms with Crippen molar-refractivity contribution in [1.82, 2.24) is 0 Å². The SMILES string of the molecule is C/C=C1/CCC2C3CC[C@@H]4C[C@@H](C)CC[C@]4(C)C3C(=O)C[C@]12C. The molecule has 0 aliphatic heterocycles. The third kappa shape index (κ3) is 2.07. The van der Waals surface area contributed by atoms with Gasteiger partial charge in [0.25, 0.3) is 0 Å². The molecule has 1 nitrogen and oxygen atoms in total. The van der Waals surface area contributed by atoms with Gasteiger partial charge in [0.15, 0.2) is 0 Å². The molecule has 23 heavy (non-hydrogen) atoms. The monoisotopic (exact) mass is 314 g/mol. The normalized spacial score (nSPS) is 54.5. The summed E-state index contributed by atoms with van der Waals surface area (Å²) in [5.41, 5.74) is 2.09. The minimum atomic E-state index is 0.193. The zero-order chi connectivity index (χ0) is 16.4. The predicted molar refractivity (Wildman–Crippen MR) is 95.0 cm³/mol. The molecule has 0 saturated heterocycles. The molecule has 4 saturated carbocycles. The van der Waals surface area contributed by atoms with Crippen LogP contribution in [0.1, 0.15) is 79.1 Å². The number of hydrogen-bond donors (Lipinski definition) is 0. The number of rotatable bonds is 0. The molecule has 0 bridgehead atoms. The molecule has 0 spiro atoms. The van der Waals surface area contributed by atoms with Gasteiger partial charge in [0.05, 0.1) is 0 Å². The Morgan fingerprint density at radius 1 is 1.13 bits per heavy atom. The van der Waals surface area contributed by atoms with E-state index in [-0.39, 0.29) is 5.41 Å². The molecular weight excluding hydrogens is 280 g/mol. The van der Waals surface area contributed by atoms with Crippen LogP contribution in [0.15, 0.2) is 11.6 Å². The van der Waals surface area contributed by atoms with Gasteiger partial charge in [-0.1, -0.05) is 38.8 Å². The average molecular weight is 315 g/mol. The Morgan fingerprint density at radius 3 is 2.65 bits per heavy atom. The number of allylic oxidation sites excluding steroid dienone is 2. The van der Waals surface area contributed by atoms with Crippen molar-refractivity contribution >= 4 is 5.78 Å². The van der Waals surface area contributed by atoms with Gasteiger partial charge in [-0.15, -0.1) is 0 Å². The van der Waals surface area contributed by atoms with E-state index < -0.39 is 0 Å². The molecule has 4 fully saturated rings. The Labute approximate surface area is 142 Å². The summed E-state index contributed by atoms with van der Waals surface area (Å²) in [5, 5.41) is 0. The van der Waals surface area contributed by atoms with Crippen LogP contribution in [0.4, 0.5) is 0 Å². The molecule has 0 heterocycles. The van der Waals surface area contributed by atoms with Crippen LogP contribution in [0.25, 0.3) is 0 Å². The second-order valence-corrected chi connectivity index (χ2v) is 9.82. The zero-order valence-corrected chi connectivity index (χ0v) is 15.5. The lowest BCUT2D eigenvalue weighted by Crippen LogP contribution is -2.56. The molecule has 7 atom stereocenters. The van der Waals surface area contributed by atoms with Gasteiger partial charge in [0, 0.05) is 12.3 Å². The molecule has 0 N–H and O–H groups in total. The van der Waals surface area contributed by atoms with Crippen LogP contribution >= 0.6 is 0 Å². The van der Waals surface area contributed by atoms with Crippen LogP contribution in [-0.2, 0) is 4.79 Å². The molecule has 0 aromatic heterocycles. The summed E-state index contributed by atoms with van der Waals surface area (Å²) in [6.07, 6.45) is 12.4. The minimum Gasteiger partial charge on any atom is -0.299 e. The van der Waals surface area contributed by atoms with E-state index in [4.69, 9.17) is 0 Å². The smallest absolute Gasteiger partial charge is 0.137 e. The molecule has 0 aromatic rings. The second kappa shape index (κ2) is 5.20. The minimum absolute atomic E-state index is 0.193. The van der Waals surface area contributed by atoms with Gasteiger partial charge in [-0.3, -0.25) is 4.79 Å². The Morgan fingerprint density at radius 2 is 1.91 bits per heavy atom. The molecule has 128 valence electrons. The van der Waals surface area contributed by atoms with Crippen LogP contribution < -0.4 is 0 Å². The van der Waals surface area contributed by atoms with E-state index in [2.05, 4.69) is 33.8 Å². The van der Waals surface area contributed by atoms with E-state index >= 15 is 0 Å². The standard InChI is InChI=1S/C22H34O/c1-5-15-7-9-18-17-8-6-16-12-14(2)10-11-21(16,3)20(17)19(23)13-22(15,18)4/h5,14,16-18,20H,6-13H2,1-4H3/b15-5-/t14-,16+,17?,18?,20?,21-,22+/m0/s1. The Kier molecular flexibility index (Phi) is 3.60. The Bertz CT molecular complexity index is 546. The summed E-state index contributed by atoms with van der Waals surface area (Å²) in [6, 6.07) is 0. The van der Waals surface area contributed by atoms with E-state index in [1.165, 1.54) is 44.9 Å². The van der Waals surface area contributed by atoms with Crippen molar-refractivity contribution in [3.05, 3.63) is 11.6 Å². The van der Waals surface area contributed by atoms with Crippen molar-refractivity contribution < 1.29 is 4.79 Å². The summed E-state index contributed by atoms with van der Waals surface area (Å²) in [6.45, 7) is 9.50. The van der Waals surface area contributed by atoms with Crippen molar-refractivity contribution in [3.63, 3.8) is 0 Å². The average Bonchev–Trinajstić information content (AvgIpc) is 2.83. The highest BCUT2D eigenvalue weighted by Gasteiger charge is 2.61. The van der Waals surface area contributed by atoms with Gasteiger partial charge >= 0.3 is 0 Å². The van der Waals surface area contributed by atoms with Gasteiger partial charge < -0.3 is 0 Å². The van der Waals surface area contributed by atoms with Crippen LogP contribution in [0.3, 0.4) is 0 Å². The van der Waals surface area contributed by atoms with Crippen LogP contribution in [-0.4, -0.2) is 5.78 Å². The lowest BCUT2D eigenvalue weighted by Gasteiger charge is -2.59. The fourth-order valence-electron chi connectivity index (χ4n) is 7.61. The molecule has 4 rings (SSSR count). The zero-order valence-electron chi connectivity index (χ0n) is 15.5. The number of ketones is 1. The predicted octanol–water partition coefficient (Wildman–Crippen LogP) is 5.79. The number of Topliss-reactive ketones (excluding diaryl/α,β-unsaturated/α-hetero) is 1. The van der Waals surface area contributed by atoms with Crippen molar-refractivity contribution in [2.75, 3.05) is 0 Å². The molecule has 0 aromatic carbocycles. The van der Waals surface area contributed by atoms with E-state index in [9.17, 15) is 4.79 Å². The third-order valence-electron chi connectivity index (χ3n) is 8.81. The highest BCUT2D eigenvalue weighted by molar-refractivity contribution is 5.85. The fraction of sp³-hybridized carbons (Fsp3) is 0.864. The first-order valence-corrected chi connectivity index (χ1v) is 10.1. The van der Waals surface area contributed by atoms with Gasteiger partial charge in [-0.2, -0.15) is 0 Å². The molecule has 0 radical (unpaired) electrons. The highest BCUT2D eigenvalue weighted by Crippen LogP contribution is 2.66. The molecule has 1 heteroatoms. The lowest BCUT2D eigenvalue weighted by molar-refractivity contribution is -0.154. The van der Waals surface area contributed by atoms with Crippen molar-refractivity contribution in [1.29, 1.82) is 0 Å². The number of hydrogen-bond acceptors (Lipinski definition) is 1. The van der Waals surface area contributed by atoms with E-state index in [1.54, 1.807) is 5.57 Å². The number of fused-ring (bicyclic) bond motifs is 5. The largest absolute Gasteiger partial charge is 0.299 e. The summed E-state index contributed by atoms with van der Waals surface area (Å²) in [5.74, 6) is 4.12. The third-order valence-corrected chi connectivity index (χ3v) is 8.81. The van der Waals surface area contributed by atoms with Crippen LogP contribution in [0.2, 0.25) is 0 Å². The first-order chi connectivity index (χ1) is 10.9. The van der Waals surface area contributed by atoms with Gasteiger partial charge in [-0.05, 0) is 80.0 Å². The summed E-state index contributed by atoms with van der Waals surface area (Å²) >= 11 is 0. The van der Waals surface area contributed by atoms with Crippen LogP contribution in [0, 0.1) is 40.4 Å². The summed E-state index contributed by atoms with van der Waals surface area (Å²) < 4.78 is 0. The lowest BCUT2D eigenvalue weighted by atomic mass is 9.44. The van der Waals surface area contributed by atoms with E-state index in [0.29, 0.717) is 23.0 Å². The second-order valence-electron chi connectivity index (χ2n) is 9.82. The van der Waals surface area contributed by atoms with E-state index in [1.807, 2.05) is 0 Å². The molecule has 4 aliphatic carbocycles. The first kappa shape index (κ1) is 15.9. The fourth-order valence-corrected chi connectivity index (χ4v) is 7.61. The van der Waals surface area contributed by atoms with Crippen molar-refractivity contribution in [3.8, 4) is 0 Å². The molecule has 3 unspecified atom stereocenters. The summed E-state index contributed by atoms with van der Waals surface area (Å²) in [4.78, 5) is 13.4. The Hall–Kier alpha value is -0.590. The number of carbonyl (C=O) groups is 1. The summed E-state index contributed by atoms with van der Waals surface area (Å²) in [7, 11) is 0. The molecular formula is C22H34O. The maximum Gasteiger partial charge on any atom is 0.137 e. The number of carbonyl (C=O) groups excluding carboxylic acids is 1. The molecule has 0 amide bonds. The quantitative estimate of drug-likeness (QED) is 0.517. The topological polar surface area (TPSA) is 17.1 Å². The van der Waals surface area contributed by atoms with E-state index in [0.717, 1.165) is 24.2 Å². The molecule has 4 aliphatic rings. The van der Waals surface area contributed by atoms with Gasteiger partial charge in [-0.25, -0.2) is 0 Å². The van der Waals surface area contributed by atoms with Gasteiger partial charge in [0.1, 0.15) is 5.78 Å². The first-order valence-electron chi connectivity index (χ1n) is 10.1.